The van der Waals surface area contributed by atoms with Gasteiger partial charge in [0, 0.05) is 10.9 Å². The molecule has 0 aliphatic rings. The minimum absolute atomic E-state index is 0.124. The molecule has 0 aliphatic heterocycles. The molecule has 2 aromatic rings. The van der Waals surface area contributed by atoms with E-state index in [9.17, 15) is 4.39 Å². The molecule has 4 heteroatoms. The Bertz CT molecular complexity index is 586. The molecule has 2 rings (SSSR count). The van der Waals surface area contributed by atoms with E-state index in [1.807, 2.05) is 50.4 Å². The van der Waals surface area contributed by atoms with Crippen LogP contribution in [0.4, 0.5) is 4.39 Å². The zero-order valence-electron chi connectivity index (χ0n) is 12.5. The monoisotopic (exact) mass is 305 g/mol. The summed E-state index contributed by atoms with van der Waals surface area (Å²) in [6.07, 6.45) is 2.01. The minimum Gasteiger partial charge on any atom is -0.454 e. The zero-order valence-corrected chi connectivity index (χ0v) is 13.3. The Morgan fingerprint density at radius 1 is 1.19 bits per heavy atom. The Hall–Kier alpha value is -1.52. The van der Waals surface area contributed by atoms with Crippen molar-refractivity contribution >= 4 is 11.8 Å². The van der Waals surface area contributed by atoms with E-state index >= 15 is 0 Å². The highest BCUT2D eigenvalue weighted by molar-refractivity contribution is 7.98. The van der Waals surface area contributed by atoms with Gasteiger partial charge in [-0.2, -0.15) is 0 Å². The number of nitrogens with one attached hydrogen (secondary N) is 1. The van der Waals surface area contributed by atoms with Crippen LogP contribution in [0.15, 0.2) is 47.4 Å². The summed E-state index contributed by atoms with van der Waals surface area (Å²) >= 11 is 1.66. The van der Waals surface area contributed by atoms with Crippen LogP contribution >= 0.6 is 11.8 Å². The highest BCUT2D eigenvalue weighted by Gasteiger charge is 2.10. The fourth-order valence-electron chi connectivity index (χ4n) is 2.06. The number of ether oxygens (including phenoxy) is 1. The van der Waals surface area contributed by atoms with Gasteiger partial charge in [0.15, 0.2) is 11.6 Å². The lowest BCUT2D eigenvalue weighted by molar-refractivity contribution is 0.440. The largest absolute Gasteiger partial charge is 0.454 e. The maximum absolute atomic E-state index is 14.1. The summed E-state index contributed by atoms with van der Waals surface area (Å²) in [5.74, 6) is 0.546. The molecule has 0 spiro atoms. The average Bonchev–Trinajstić information content (AvgIpc) is 2.50. The van der Waals surface area contributed by atoms with Gasteiger partial charge in [0.2, 0.25) is 0 Å². The third kappa shape index (κ3) is 4.22. The van der Waals surface area contributed by atoms with Gasteiger partial charge in [-0.05, 0) is 61.7 Å². The Kier molecular flexibility index (Phi) is 5.65. The molecule has 0 heterocycles. The molecule has 0 saturated carbocycles. The molecule has 1 N–H and O–H groups in total. The molecule has 0 bridgehead atoms. The summed E-state index contributed by atoms with van der Waals surface area (Å²) in [5, 5.41) is 3.26. The number of halogens is 1. The van der Waals surface area contributed by atoms with Crippen LogP contribution < -0.4 is 10.1 Å². The highest BCUT2D eigenvalue weighted by Crippen LogP contribution is 2.28. The van der Waals surface area contributed by atoms with Gasteiger partial charge in [0.25, 0.3) is 0 Å². The van der Waals surface area contributed by atoms with Gasteiger partial charge < -0.3 is 10.1 Å². The first kappa shape index (κ1) is 15.9. The molecule has 0 aromatic heterocycles. The molecule has 2 nitrogen and oxygen atoms in total. The quantitative estimate of drug-likeness (QED) is 0.758. The van der Waals surface area contributed by atoms with E-state index in [0.29, 0.717) is 5.75 Å². The lowest BCUT2D eigenvalue weighted by atomic mass is 10.1. The van der Waals surface area contributed by atoms with Crippen LogP contribution in [0.1, 0.15) is 25.5 Å². The molecule has 0 amide bonds. The summed E-state index contributed by atoms with van der Waals surface area (Å²) in [6.45, 7) is 4.89. The van der Waals surface area contributed by atoms with Crippen molar-refractivity contribution in [2.45, 2.75) is 24.8 Å². The Balaban J connectivity index is 2.13. The lowest BCUT2D eigenvalue weighted by Gasteiger charge is -2.14. The van der Waals surface area contributed by atoms with E-state index in [1.165, 1.54) is 6.07 Å². The van der Waals surface area contributed by atoms with Gasteiger partial charge in [-0.15, -0.1) is 11.8 Å². The maximum Gasteiger partial charge on any atom is 0.166 e. The van der Waals surface area contributed by atoms with E-state index in [4.69, 9.17) is 4.74 Å². The second-order valence-electron chi connectivity index (χ2n) is 4.75. The van der Waals surface area contributed by atoms with Crippen molar-refractivity contribution in [2.75, 3.05) is 12.8 Å². The third-order valence-electron chi connectivity index (χ3n) is 3.25. The van der Waals surface area contributed by atoms with Crippen LogP contribution in [0.5, 0.6) is 11.5 Å². The Morgan fingerprint density at radius 3 is 2.48 bits per heavy atom. The van der Waals surface area contributed by atoms with Crippen LogP contribution in [0.3, 0.4) is 0 Å². The molecule has 21 heavy (non-hydrogen) atoms. The van der Waals surface area contributed by atoms with Crippen molar-refractivity contribution in [3.63, 3.8) is 0 Å². The van der Waals surface area contributed by atoms with Gasteiger partial charge in [-0.25, -0.2) is 4.39 Å². The Labute approximate surface area is 129 Å². The van der Waals surface area contributed by atoms with Crippen molar-refractivity contribution in [1.82, 2.24) is 5.32 Å². The van der Waals surface area contributed by atoms with E-state index in [-0.39, 0.29) is 17.6 Å². The molecule has 0 aliphatic carbocycles. The first-order valence-electron chi connectivity index (χ1n) is 6.98. The average molecular weight is 305 g/mol. The second-order valence-corrected chi connectivity index (χ2v) is 5.63. The predicted molar refractivity (Wildman–Crippen MR) is 86.8 cm³/mol. The summed E-state index contributed by atoms with van der Waals surface area (Å²) in [5.41, 5.74) is 0.916. The van der Waals surface area contributed by atoms with Crippen LogP contribution in [0.2, 0.25) is 0 Å². The molecule has 0 radical (unpaired) electrons. The third-order valence-corrected chi connectivity index (χ3v) is 4.00. The molecule has 0 saturated heterocycles. The molecular weight excluding hydrogens is 285 g/mol. The minimum atomic E-state index is -0.341. The van der Waals surface area contributed by atoms with Crippen molar-refractivity contribution < 1.29 is 9.13 Å². The number of rotatable bonds is 6. The lowest BCUT2D eigenvalue weighted by Crippen LogP contribution is -2.17. The highest BCUT2D eigenvalue weighted by atomic mass is 32.2. The molecule has 112 valence electrons. The Morgan fingerprint density at radius 2 is 1.90 bits per heavy atom. The van der Waals surface area contributed by atoms with Gasteiger partial charge in [-0.3, -0.25) is 0 Å². The SMILES string of the molecule is CCNC(C)c1ccc(Oc2ccc(SC)cc2)c(F)c1. The number of thioether (sulfide) groups is 1. The molecule has 0 fully saturated rings. The summed E-state index contributed by atoms with van der Waals surface area (Å²) < 4.78 is 19.7. The fraction of sp³-hybridized carbons (Fsp3) is 0.294. The first-order chi connectivity index (χ1) is 10.1. The first-order valence-corrected chi connectivity index (χ1v) is 8.21. The topological polar surface area (TPSA) is 21.3 Å². The van der Waals surface area contributed by atoms with E-state index < -0.39 is 0 Å². The van der Waals surface area contributed by atoms with Gasteiger partial charge >= 0.3 is 0 Å². The molecule has 2 aromatic carbocycles. The molecule has 1 unspecified atom stereocenters. The van der Waals surface area contributed by atoms with Crippen molar-refractivity contribution in [3.05, 3.63) is 53.8 Å². The predicted octanol–water partition coefficient (Wildman–Crippen LogP) is 5.01. The summed E-state index contributed by atoms with van der Waals surface area (Å²) in [6, 6.07) is 12.8. The van der Waals surface area contributed by atoms with Gasteiger partial charge in [-0.1, -0.05) is 13.0 Å². The second kappa shape index (κ2) is 7.48. The number of hydrogen-bond donors (Lipinski definition) is 1. The van der Waals surface area contributed by atoms with Crippen LogP contribution in [0.25, 0.3) is 0 Å². The van der Waals surface area contributed by atoms with Crippen LogP contribution in [-0.2, 0) is 0 Å². The van der Waals surface area contributed by atoms with Crippen LogP contribution in [-0.4, -0.2) is 12.8 Å². The van der Waals surface area contributed by atoms with Gasteiger partial charge in [0.1, 0.15) is 5.75 Å². The van der Waals surface area contributed by atoms with Crippen molar-refractivity contribution in [2.24, 2.45) is 0 Å². The van der Waals surface area contributed by atoms with Gasteiger partial charge in [0.05, 0.1) is 0 Å². The smallest absolute Gasteiger partial charge is 0.166 e. The van der Waals surface area contributed by atoms with E-state index in [0.717, 1.165) is 17.0 Å². The number of benzene rings is 2. The standard InChI is InChI=1S/C17H20FNOS/c1-4-19-12(2)13-5-10-17(16(18)11-13)20-14-6-8-15(21-3)9-7-14/h5-12,19H,4H2,1-3H3. The van der Waals surface area contributed by atoms with Crippen molar-refractivity contribution in [3.8, 4) is 11.5 Å². The fourth-order valence-corrected chi connectivity index (χ4v) is 2.47. The maximum atomic E-state index is 14.1. The zero-order chi connectivity index (χ0) is 15.2. The normalized spacial score (nSPS) is 12.2. The van der Waals surface area contributed by atoms with Crippen LogP contribution in [0, 0.1) is 5.82 Å². The van der Waals surface area contributed by atoms with E-state index in [2.05, 4.69) is 5.32 Å². The van der Waals surface area contributed by atoms with Crippen molar-refractivity contribution in [1.29, 1.82) is 0 Å². The summed E-state index contributed by atoms with van der Waals surface area (Å²) in [7, 11) is 0. The molecule has 1 atom stereocenters. The van der Waals surface area contributed by atoms with E-state index in [1.54, 1.807) is 17.8 Å². The number of hydrogen-bond acceptors (Lipinski definition) is 3. The summed E-state index contributed by atoms with van der Waals surface area (Å²) in [4.78, 5) is 1.15. The molecular formula is C17H20FNOS.